The number of carbonyl (C=O) groups excluding carboxylic acids is 3. The summed E-state index contributed by atoms with van der Waals surface area (Å²) in [6.45, 7) is 2.68. The lowest BCUT2D eigenvalue weighted by Gasteiger charge is -2.30. The lowest BCUT2D eigenvalue weighted by Crippen LogP contribution is -2.60. The van der Waals surface area contributed by atoms with Gasteiger partial charge in [0.2, 0.25) is 5.91 Å². The zero-order chi connectivity index (χ0) is 27.8. The predicted octanol–water partition coefficient (Wildman–Crippen LogP) is 3.96. The van der Waals surface area contributed by atoms with Crippen LogP contribution in [0.25, 0.3) is 0 Å². The number of likely N-dealkylation sites (N-methyl/N-ethyl adjacent to an activating group) is 1. The average molecular weight is 546 g/mol. The SMILES string of the molecule is CN1C(=O)[C@H](NC(=O)C(C)(C)NC(=O)c2ccc(F)cn2)CN(c2cc(F)cc(Cl)c2)c2ccc(F)cc21. The number of fused-ring (bicyclic) bond motifs is 1. The van der Waals surface area contributed by atoms with Crippen molar-refractivity contribution in [2.24, 2.45) is 0 Å². The molecule has 0 aliphatic carbocycles. The van der Waals surface area contributed by atoms with Crippen LogP contribution in [0.15, 0.2) is 54.7 Å². The molecule has 0 saturated carbocycles. The molecule has 0 bridgehead atoms. The number of benzene rings is 2. The lowest BCUT2D eigenvalue weighted by molar-refractivity contribution is -0.130. The van der Waals surface area contributed by atoms with E-state index in [1.165, 1.54) is 56.1 Å². The molecular formula is C26H23ClF3N5O3. The van der Waals surface area contributed by atoms with Crippen LogP contribution in [0.5, 0.6) is 0 Å². The van der Waals surface area contributed by atoms with Gasteiger partial charge in [0, 0.05) is 17.8 Å². The third-order valence-corrected chi connectivity index (χ3v) is 6.22. The van der Waals surface area contributed by atoms with Crippen molar-refractivity contribution in [1.82, 2.24) is 15.6 Å². The minimum absolute atomic E-state index is 0.103. The molecule has 3 amide bonds. The molecule has 2 aromatic carbocycles. The average Bonchev–Trinajstić information content (AvgIpc) is 2.94. The molecule has 1 aliphatic heterocycles. The monoisotopic (exact) mass is 545 g/mol. The maximum absolute atomic E-state index is 14.2. The summed E-state index contributed by atoms with van der Waals surface area (Å²) in [4.78, 5) is 45.7. The van der Waals surface area contributed by atoms with Crippen LogP contribution in [0.1, 0.15) is 24.3 Å². The third kappa shape index (κ3) is 5.57. The summed E-state index contributed by atoms with van der Waals surface area (Å²) in [7, 11) is 1.43. The Balaban J connectivity index is 1.64. The van der Waals surface area contributed by atoms with Crippen LogP contribution in [-0.4, -0.2) is 47.9 Å². The molecule has 4 rings (SSSR count). The van der Waals surface area contributed by atoms with Crippen molar-refractivity contribution < 1.29 is 27.6 Å². The number of pyridine rings is 1. The van der Waals surface area contributed by atoms with Crippen molar-refractivity contribution >= 4 is 46.4 Å². The van der Waals surface area contributed by atoms with Crippen molar-refractivity contribution in [1.29, 1.82) is 0 Å². The number of halogens is 4. The van der Waals surface area contributed by atoms with E-state index >= 15 is 0 Å². The summed E-state index contributed by atoms with van der Waals surface area (Å²) in [6.07, 6.45) is 0.871. The Bertz CT molecular complexity index is 1400. The Hall–Kier alpha value is -4.12. The molecule has 0 fully saturated rings. The molecule has 0 unspecified atom stereocenters. The number of nitrogens with one attached hydrogen (secondary N) is 2. The second-order valence-corrected chi connectivity index (χ2v) is 9.67. The zero-order valence-corrected chi connectivity index (χ0v) is 21.3. The Morgan fingerprint density at radius 1 is 1.00 bits per heavy atom. The van der Waals surface area contributed by atoms with Crippen molar-refractivity contribution in [2.75, 3.05) is 23.4 Å². The van der Waals surface area contributed by atoms with Gasteiger partial charge in [-0.25, -0.2) is 18.2 Å². The van der Waals surface area contributed by atoms with Gasteiger partial charge in [-0.1, -0.05) is 11.6 Å². The number of amides is 3. The molecule has 38 heavy (non-hydrogen) atoms. The van der Waals surface area contributed by atoms with Crippen molar-refractivity contribution in [2.45, 2.75) is 25.4 Å². The molecule has 2 heterocycles. The highest BCUT2D eigenvalue weighted by Gasteiger charge is 2.38. The van der Waals surface area contributed by atoms with E-state index in [4.69, 9.17) is 11.6 Å². The summed E-state index contributed by atoms with van der Waals surface area (Å²) < 4.78 is 41.5. The van der Waals surface area contributed by atoms with E-state index in [9.17, 15) is 27.6 Å². The minimum Gasteiger partial charge on any atom is -0.341 e. The number of hydrogen-bond acceptors (Lipinski definition) is 5. The van der Waals surface area contributed by atoms with E-state index in [-0.39, 0.29) is 28.6 Å². The Kier molecular flexibility index (Phi) is 7.32. The quantitative estimate of drug-likeness (QED) is 0.506. The fourth-order valence-corrected chi connectivity index (χ4v) is 4.22. The standard InChI is InChI=1S/C26H23ClF3N5O3/c1-26(2,33-23(36)19-6-4-16(29)12-31-19)25(38)32-20-13-35(18-9-14(27)8-17(30)10-18)21-7-5-15(28)11-22(21)34(3)24(20)37/h4-12,20H,13H2,1-3H3,(H,32,38)(H,33,36)/t20-/m1/s1. The molecule has 0 radical (unpaired) electrons. The molecule has 1 aliphatic rings. The van der Waals surface area contributed by atoms with Crippen LogP contribution in [-0.2, 0) is 9.59 Å². The van der Waals surface area contributed by atoms with E-state index in [0.29, 0.717) is 5.69 Å². The maximum atomic E-state index is 14.2. The number of aromatic nitrogens is 1. The summed E-state index contributed by atoms with van der Waals surface area (Å²) in [5.41, 5.74) is -0.772. The molecule has 0 spiro atoms. The zero-order valence-electron chi connectivity index (χ0n) is 20.6. The Morgan fingerprint density at radius 3 is 2.37 bits per heavy atom. The number of carbonyl (C=O) groups is 3. The predicted molar refractivity (Wildman–Crippen MR) is 136 cm³/mol. The van der Waals surface area contributed by atoms with Crippen LogP contribution in [0.4, 0.5) is 30.2 Å². The van der Waals surface area contributed by atoms with Crippen molar-refractivity contribution in [3.63, 3.8) is 0 Å². The molecule has 2 N–H and O–H groups in total. The molecule has 1 aromatic heterocycles. The van der Waals surface area contributed by atoms with Gasteiger partial charge in [-0.15, -0.1) is 0 Å². The first-order chi connectivity index (χ1) is 17.9. The topological polar surface area (TPSA) is 94.6 Å². The van der Waals surface area contributed by atoms with Crippen LogP contribution in [0, 0.1) is 17.5 Å². The van der Waals surface area contributed by atoms with E-state index in [1.807, 2.05) is 0 Å². The van der Waals surface area contributed by atoms with Gasteiger partial charge in [-0.2, -0.15) is 0 Å². The van der Waals surface area contributed by atoms with Crippen LogP contribution < -0.4 is 20.4 Å². The van der Waals surface area contributed by atoms with Gasteiger partial charge in [0.1, 0.15) is 34.7 Å². The normalized spacial score (nSPS) is 15.6. The van der Waals surface area contributed by atoms with Crippen LogP contribution in [0.3, 0.4) is 0 Å². The van der Waals surface area contributed by atoms with Gasteiger partial charge < -0.3 is 20.4 Å². The van der Waals surface area contributed by atoms with Gasteiger partial charge in [0.25, 0.3) is 11.8 Å². The first-order valence-corrected chi connectivity index (χ1v) is 11.8. The molecule has 0 saturated heterocycles. The molecule has 12 heteroatoms. The van der Waals surface area contributed by atoms with Gasteiger partial charge in [0.15, 0.2) is 0 Å². The first-order valence-electron chi connectivity index (χ1n) is 11.4. The summed E-state index contributed by atoms with van der Waals surface area (Å²) in [5.74, 6) is -3.86. The number of nitrogens with zero attached hydrogens (tertiary/aromatic N) is 3. The van der Waals surface area contributed by atoms with Crippen LogP contribution >= 0.6 is 11.6 Å². The summed E-state index contributed by atoms with van der Waals surface area (Å²) in [6, 6.07) is 8.63. The van der Waals surface area contributed by atoms with E-state index in [2.05, 4.69) is 15.6 Å². The molecule has 8 nitrogen and oxygen atoms in total. The first kappa shape index (κ1) is 26.9. The lowest BCUT2D eigenvalue weighted by atomic mass is 10.0. The Labute approximate surface area is 221 Å². The van der Waals surface area contributed by atoms with E-state index in [0.717, 1.165) is 24.4 Å². The summed E-state index contributed by atoms with van der Waals surface area (Å²) >= 11 is 6.07. The fraction of sp³-hybridized carbons (Fsp3) is 0.231. The second-order valence-electron chi connectivity index (χ2n) is 9.24. The maximum Gasteiger partial charge on any atom is 0.270 e. The molecular weight excluding hydrogens is 523 g/mol. The molecule has 198 valence electrons. The second kappa shape index (κ2) is 10.3. The number of hydrogen-bond donors (Lipinski definition) is 2. The largest absolute Gasteiger partial charge is 0.341 e. The fourth-order valence-electron chi connectivity index (χ4n) is 4.01. The highest BCUT2D eigenvalue weighted by molar-refractivity contribution is 6.30. The highest BCUT2D eigenvalue weighted by Crippen LogP contribution is 2.38. The summed E-state index contributed by atoms with van der Waals surface area (Å²) in [5, 5.41) is 5.25. The minimum atomic E-state index is -1.52. The molecule has 1 atom stereocenters. The number of anilines is 3. The van der Waals surface area contributed by atoms with Crippen molar-refractivity contribution in [3.05, 3.63) is 82.9 Å². The van der Waals surface area contributed by atoms with E-state index in [1.54, 1.807) is 4.90 Å². The van der Waals surface area contributed by atoms with Crippen LogP contribution in [0.2, 0.25) is 5.02 Å². The Morgan fingerprint density at radius 2 is 1.71 bits per heavy atom. The van der Waals surface area contributed by atoms with Gasteiger partial charge in [0.05, 0.1) is 24.1 Å². The van der Waals surface area contributed by atoms with Gasteiger partial charge in [-0.05, 0) is 62.4 Å². The third-order valence-electron chi connectivity index (χ3n) is 6.00. The smallest absolute Gasteiger partial charge is 0.270 e. The highest BCUT2D eigenvalue weighted by atomic mass is 35.5. The van der Waals surface area contributed by atoms with Gasteiger partial charge in [-0.3, -0.25) is 14.4 Å². The van der Waals surface area contributed by atoms with Gasteiger partial charge >= 0.3 is 0 Å². The van der Waals surface area contributed by atoms with Crippen molar-refractivity contribution in [3.8, 4) is 0 Å². The molecule has 3 aromatic rings. The number of rotatable bonds is 5. The van der Waals surface area contributed by atoms with E-state index < -0.39 is 46.8 Å².